The van der Waals surface area contributed by atoms with Crippen molar-refractivity contribution in [2.75, 3.05) is 5.32 Å². The largest absolute Gasteiger partial charge is 0.459 e. The summed E-state index contributed by atoms with van der Waals surface area (Å²) in [4.78, 5) is 32.4. The zero-order valence-corrected chi connectivity index (χ0v) is 17.3. The molecule has 0 spiro atoms. The van der Waals surface area contributed by atoms with E-state index in [1.54, 1.807) is 17.0 Å². The Morgan fingerprint density at radius 1 is 1.00 bits per heavy atom. The summed E-state index contributed by atoms with van der Waals surface area (Å²) < 4.78 is 5.30. The maximum atomic E-state index is 13.2. The molecule has 7 heteroatoms. The fourth-order valence-electron chi connectivity index (χ4n) is 3.77. The van der Waals surface area contributed by atoms with Gasteiger partial charge in [-0.3, -0.25) is 9.59 Å². The Bertz CT molecular complexity index is 1220. The van der Waals surface area contributed by atoms with Gasteiger partial charge >= 0.3 is 0 Å². The maximum absolute atomic E-state index is 13.2. The van der Waals surface area contributed by atoms with Gasteiger partial charge in [-0.2, -0.15) is 0 Å². The van der Waals surface area contributed by atoms with Crippen LogP contribution in [0.25, 0.3) is 11.3 Å². The molecule has 4 aromatic rings. The number of benzene rings is 2. The minimum atomic E-state index is -0.656. The van der Waals surface area contributed by atoms with E-state index in [0.717, 1.165) is 22.4 Å². The van der Waals surface area contributed by atoms with Gasteiger partial charge in [0.05, 0.1) is 12.0 Å². The first-order valence-corrected chi connectivity index (χ1v) is 10.8. The zero-order valence-electron chi connectivity index (χ0n) is 16.5. The standard InChI is InChI=1S/C24H19N3O3S/c28-22(26-24-25-19(15-31-24)16-7-2-1-3-8-16)20-13-17-9-4-5-10-18(17)14-27(20)23(29)21-11-6-12-30-21/h1-12,15,20H,13-14H2,(H,25,26,28). The summed E-state index contributed by atoms with van der Waals surface area (Å²) in [6.07, 6.45) is 1.90. The van der Waals surface area contributed by atoms with Crippen LogP contribution in [0, 0.1) is 0 Å². The van der Waals surface area contributed by atoms with Crippen molar-refractivity contribution in [3.63, 3.8) is 0 Å². The van der Waals surface area contributed by atoms with Gasteiger partial charge < -0.3 is 14.6 Å². The normalized spacial score (nSPS) is 15.4. The third kappa shape index (κ3) is 3.87. The number of amides is 2. The van der Waals surface area contributed by atoms with E-state index in [1.807, 2.05) is 60.0 Å². The van der Waals surface area contributed by atoms with Gasteiger partial charge in [0.15, 0.2) is 10.9 Å². The number of fused-ring (bicyclic) bond motifs is 1. The fourth-order valence-corrected chi connectivity index (χ4v) is 4.50. The van der Waals surface area contributed by atoms with Crippen LogP contribution in [-0.4, -0.2) is 27.7 Å². The summed E-state index contributed by atoms with van der Waals surface area (Å²) in [5.74, 6) is -0.343. The van der Waals surface area contributed by atoms with Gasteiger partial charge in [-0.25, -0.2) is 4.98 Å². The molecule has 0 aliphatic carbocycles. The highest BCUT2D eigenvalue weighted by Crippen LogP contribution is 2.28. The Hall–Kier alpha value is -3.71. The molecular weight excluding hydrogens is 410 g/mol. The SMILES string of the molecule is O=C(Nc1nc(-c2ccccc2)cs1)C1Cc2ccccc2CN1C(=O)c1ccco1. The number of carbonyl (C=O) groups excluding carboxylic acids is 2. The van der Waals surface area contributed by atoms with Crippen molar-refractivity contribution in [3.05, 3.63) is 95.3 Å². The number of aromatic nitrogens is 1. The summed E-state index contributed by atoms with van der Waals surface area (Å²) in [5, 5.41) is 5.32. The number of hydrogen-bond acceptors (Lipinski definition) is 5. The van der Waals surface area contributed by atoms with Crippen molar-refractivity contribution in [1.29, 1.82) is 0 Å². The van der Waals surface area contributed by atoms with Crippen LogP contribution >= 0.6 is 11.3 Å². The second-order valence-corrected chi connectivity index (χ2v) is 8.15. The third-order valence-corrected chi connectivity index (χ3v) is 6.11. The molecule has 1 aliphatic rings. The number of carbonyl (C=O) groups is 2. The molecule has 5 rings (SSSR count). The molecule has 0 radical (unpaired) electrons. The van der Waals surface area contributed by atoms with Crippen molar-refractivity contribution >= 4 is 28.3 Å². The van der Waals surface area contributed by atoms with E-state index in [2.05, 4.69) is 10.3 Å². The number of furan rings is 1. The molecule has 2 aromatic heterocycles. The van der Waals surface area contributed by atoms with Gasteiger partial charge in [0.25, 0.3) is 5.91 Å². The molecule has 2 aromatic carbocycles. The van der Waals surface area contributed by atoms with E-state index in [0.29, 0.717) is 18.1 Å². The number of nitrogens with zero attached hydrogens (tertiary/aromatic N) is 2. The lowest BCUT2D eigenvalue weighted by Crippen LogP contribution is -2.50. The molecule has 3 heterocycles. The Morgan fingerprint density at radius 3 is 2.55 bits per heavy atom. The highest BCUT2D eigenvalue weighted by atomic mass is 32.1. The molecule has 0 bridgehead atoms. The number of thiazole rings is 1. The Kier molecular flexibility index (Phi) is 5.09. The van der Waals surface area contributed by atoms with Crippen LogP contribution in [0.15, 0.2) is 82.8 Å². The summed E-state index contributed by atoms with van der Waals surface area (Å²) in [6.45, 7) is 0.348. The van der Waals surface area contributed by atoms with Crippen LogP contribution in [0.2, 0.25) is 0 Å². The lowest BCUT2D eigenvalue weighted by molar-refractivity contribution is -0.121. The van der Waals surface area contributed by atoms with Crippen molar-refractivity contribution in [1.82, 2.24) is 9.88 Å². The molecule has 0 saturated carbocycles. The molecule has 1 atom stereocenters. The highest BCUT2D eigenvalue weighted by molar-refractivity contribution is 7.14. The third-order valence-electron chi connectivity index (χ3n) is 5.35. The maximum Gasteiger partial charge on any atom is 0.290 e. The van der Waals surface area contributed by atoms with E-state index < -0.39 is 6.04 Å². The van der Waals surface area contributed by atoms with Gasteiger partial charge in [-0.1, -0.05) is 54.6 Å². The molecule has 0 saturated heterocycles. The Balaban J connectivity index is 1.40. The summed E-state index contributed by atoms with van der Waals surface area (Å²) in [5.41, 5.74) is 3.89. The molecule has 1 aliphatic heterocycles. The predicted octanol–water partition coefficient (Wildman–Crippen LogP) is 4.61. The molecule has 1 unspecified atom stereocenters. The van der Waals surface area contributed by atoms with E-state index >= 15 is 0 Å². The van der Waals surface area contributed by atoms with E-state index in [9.17, 15) is 9.59 Å². The first kappa shape index (κ1) is 19.3. The number of anilines is 1. The topological polar surface area (TPSA) is 75.4 Å². The fraction of sp³-hybridized carbons (Fsp3) is 0.125. The van der Waals surface area contributed by atoms with Crippen LogP contribution in [0.4, 0.5) is 5.13 Å². The first-order valence-electron chi connectivity index (χ1n) is 9.92. The zero-order chi connectivity index (χ0) is 21.2. The van der Waals surface area contributed by atoms with Crippen LogP contribution in [-0.2, 0) is 17.8 Å². The lowest BCUT2D eigenvalue weighted by atomic mass is 9.93. The van der Waals surface area contributed by atoms with Gasteiger partial charge in [0, 0.05) is 23.9 Å². The quantitative estimate of drug-likeness (QED) is 0.514. The van der Waals surface area contributed by atoms with Gasteiger partial charge in [-0.05, 0) is 23.3 Å². The Labute approximate surface area is 183 Å². The predicted molar refractivity (Wildman–Crippen MR) is 119 cm³/mol. The van der Waals surface area contributed by atoms with Crippen molar-refractivity contribution in [2.24, 2.45) is 0 Å². The molecule has 6 nitrogen and oxygen atoms in total. The Morgan fingerprint density at radius 2 is 1.77 bits per heavy atom. The van der Waals surface area contributed by atoms with Gasteiger partial charge in [0.1, 0.15) is 6.04 Å². The highest BCUT2D eigenvalue weighted by Gasteiger charge is 2.36. The number of nitrogens with one attached hydrogen (secondary N) is 1. The van der Waals surface area contributed by atoms with Crippen LogP contribution in [0.3, 0.4) is 0 Å². The minimum absolute atomic E-state index is 0.220. The van der Waals surface area contributed by atoms with Crippen molar-refractivity contribution in [2.45, 2.75) is 19.0 Å². The number of hydrogen-bond donors (Lipinski definition) is 1. The second kappa shape index (κ2) is 8.20. The van der Waals surface area contributed by atoms with Crippen LogP contribution in [0.5, 0.6) is 0 Å². The smallest absolute Gasteiger partial charge is 0.290 e. The van der Waals surface area contributed by atoms with E-state index in [-0.39, 0.29) is 17.6 Å². The number of rotatable bonds is 4. The second-order valence-electron chi connectivity index (χ2n) is 7.29. The van der Waals surface area contributed by atoms with E-state index in [1.165, 1.54) is 17.6 Å². The lowest BCUT2D eigenvalue weighted by Gasteiger charge is -2.35. The summed E-state index contributed by atoms with van der Waals surface area (Å²) >= 11 is 1.36. The molecule has 31 heavy (non-hydrogen) atoms. The molecule has 1 N–H and O–H groups in total. The van der Waals surface area contributed by atoms with E-state index in [4.69, 9.17) is 4.42 Å². The van der Waals surface area contributed by atoms with Gasteiger partial charge in [0.2, 0.25) is 5.91 Å². The minimum Gasteiger partial charge on any atom is -0.459 e. The average Bonchev–Trinajstić information content (AvgIpc) is 3.51. The van der Waals surface area contributed by atoms with Crippen LogP contribution in [0.1, 0.15) is 21.7 Å². The molecule has 0 fully saturated rings. The van der Waals surface area contributed by atoms with Crippen molar-refractivity contribution in [3.8, 4) is 11.3 Å². The average molecular weight is 430 g/mol. The van der Waals surface area contributed by atoms with Crippen molar-refractivity contribution < 1.29 is 14.0 Å². The summed E-state index contributed by atoms with van der Waals surface area (Å²) in [7, 11) is 0. The molecule has 154 valence electrons. The first-order chi connectivity index (χ1) is 15.2. The van der Waals surface area contributed by atoms with Gasteiger partial charge in [-0.15, -0.1) is 11.3 Å². The monoisotopic (exact) mass is 429 g/mol. The molecule has 2 amide bonds. The van der Waals surface area contributed by atoms with Crippen LogP contribution < -0.4 is 5.32 Å². The molecular formula is C24H19N3O3S. The summed E-state index contributed by atoms with van der Waals surface area (Å²) in [6, 6.07) is 20.3.